The Morgan fingerprint density at radius 1 is 0.731 bits per heavy atom. The minimum absolute atomic E-state index is 0.319. The zero-order chi connectivity index (χ0) is 35.7. The fraction of sp³-hybridized carbons (Fsp3) is 0.0811. The van der Waals surface area contributed by atoms with E-state index in [1.165, 1.54) is 21.3 Å². The smallest absolute Gasteiger partial charge is 0.215 e. The van der Waals surface area contributed by atoms with Crippen molar-refractivity contribution in [2.24, 2.45) is 22.5 Å². The largest absolute Gasteiger partial charge is 0.489 e. The first-order valence-electron chi connectivity index (χ1n) is 16.0. The molecule has 15 heteroatoms. The summed E-state index contributed by atoms with van der Waals surface area (Å²) in [6.07, 6.45) is 0. The number of anilines is 2. The maximum atomic E-state index is 6.19. The molecule has 0 unspecified atom stereocenters. The van der Waals surface area contributed by atoms with Crippen molar-refractivity contribution in [2.45, 2.75) is 19.8 Å². The summed E-state index contributed by atoms with van der Waals surface area (Å²) in [5.74, 6) is 14.7. The van der Waals surface area contributed by atoms with Crippen LogP contribution in [0.5, 0.6) is 17.2 Å². The molecule has 0 spiro atoms. The highest BCUT2D eigenvalue weighted by atomic mass is 32.1. The van der Waals surface area contributed by atoms with Gasteiger partial charge < -0.3 is 25.4 Å². The fourth-order valence-corrected chi connectivity index (χ4v) is 6.35. The predicted octanol–water partition coefficient (Wildman–Crippen LogP) is 6.48. The minimum Gasteiger partial charge on any atom is -0.489 e. The predicted molar refractivity (Wildman–Crippen MR) is 204 cm³/mol. The Morgan fingerprint density at radius 2 is 1.29 bits per heavy atom. The number of hydrogen-bond donors (Lipinski definition) is 4. The molecule has 0 bridgehead atoms. The summed E-state index contributed by atoms with van der Waals surface area (Å²) in [6.45, 7) is 0.997. The van der Waals surface area contributed by atoms with E-state index in [4.69, 9.17) is 31.6 Å². The second-order valence-corrected chi connectivity index (χ2v) is 13.3. The van der Waals surface area contributed by atoms with Crippen LogP contribution in [0.2, 0.25) is 0 Å². The number of hydrazine groups is 2. The average Bonchev–Trinajstić information content (AvgIpc) is 4.00. The van der Waals surface area contributed by atoms with Crippen LogP contribution in [-0.4, -0.2) is 26.0 Å². The number of hydrazone groups is 1. The molecule has 0 aliphatic heterocycles. The van der Waals surface area contributed by atoms with Gasteiger partial charge in [0.25, 0.3) is 0 Å². The Hall–Kier alpha value is -6.26. The molecule has 7 aromatic rings. The maximum Gasteiger partial charge on any atom is 0.215 e. The van der Waals surface area contributed by atoms with Gasteiger partial charge >= 0.3 is 0 Å². The molecule has 0 fully saturated rings. The number of amidine groups is 1. The first-order chi connectivity index (χ1) is 25.5. The van der Waals surface area contributed by atoms with Gasteiger partial charge in [-0.05, 0) is 136 Å². The van der Waals surface area contributed by atoms with Gasteiger partial charge in [-0.3, -0.25) is 5.84 Å². The summed E-state index contributed by atoms with van der Waals surface area (Å²) in [7, 11) is 0. The molecule has 0 amide bonds. The zero-order valence-corrected chi connectivity index (χ0v) is 29.3. The van der Waals surface area contributed by atoms with Crippen molar-refractivity contribution in [3.63, 3.8) is 0 Å². The van der Waals surface area contributed by atoms with E-state index < -0.39 is 0 Å². The molecule has 0 atom stereocenters. The monoisotopic (exact) mass is 730 g/mol. The van der Waals surface area contributed by atoms with Gasteiger partial charge in [-0.25, -0.2) is 5.84 Å². The third kappa shape index (κ3) is 8.72. The molecule has 0 saturated heterocycles. The molecule has 7 rings (SSSR count). The molecule has 3 aromatic heterocycles. The molecule has 3 heterocycles. The van der Waals surface area contributed by atoms with Crippen molar-refractivity contribution in [1.82, 2.24) is 20.2 Å². The first kappa shape index (κ1) is 34.2. The number of thiophene rings is 2. The number of aromatic nitrogens is 4. The first-order valence-corrected chi connectivity index (χ1v) is 17.8. The van der Waals surface area contributed by atoms with E-state index in [-0.39, 0.29) is 0 Å². The lowest BCUT2D eigenvalue weighted by Crippen LogP contribution is -2.28. The minimum atomic E-state index is 0.319. The molecular formula is C37H34N10O3S2. The van der Waals surface area contributed by atoms with Gasteiger partial charge in [-0.1, -0.05) is 12.1 Å². The molecule has 13 nitrogen and oxygen atoms in total. The van der Waals surface area contributed by atoms with Gasteiger partial charge in [-0.15, -0.1) is 42.8 Å². The Kier molecular flexibility index (Phi) is 10.6. The van der Waals surface area contributed by atoms with Crippen molar-refractivity contribution in [1.29, 1.82) is 0 Å². The molecule has 0 saturated carbocycles. The number of nitrogens with one attached hydrogen (secondary N) is 1. The molecule has 0 aliphatic rings. The van der Waals surface area contributed by atoms with E-state index in [1.807, 2.05) is 108 Å². The summed E-state index contributed by atoms with van der Waals surface area (Å²) >= 11 is 3.06. The Labute approximate surface area is 307 Å². The van der Waals surface area contributed by atoms with E-state index in [9.17, 15) is 0 Å². The SMILES string of the molecule is NNc1ccc(OCc2cc(COc3ccc(N(N)/N=C(\N)c4cccs4)cc3)cc(COc3ccc(-n4nnc(-c5cccs5)n4)cc3)c2)cc1. The van der Waals surface area contributed by atoms with Gasteiger partial charge in [0.15, 0.2) is 5.84 Å². The van der Waals surface area contributed by atoms with Gasteiger partial charge in [-0.2, -0.15) is 5.12 Å². The maximum absolute atomic E-state index is 6.19. The lowest BCUT2D eigenvalue weighted by molar-refractivity contribution is 0.293. The van der Waals surface area contributed by atoms with Crippen LogP contribution in [0.25, 0.3) is 16.4 Å². The number of benzene rings is 4. The van der Waals surface area contributed by atoms with Crippen LogP contribution in [-0.2, 0) is 19.8 Å². The van der Waals surface area contributed by atoms with E-state index in [0.717, 1.165) is 43.6 Å². The molecule has 0 radical (unpaired) electrons. The van der Waals surface area contributed by atoms with Crippen LogP contribution in [0, 0.1) is 0 Å². The Bertz CT molecular complexity index is 2210. The lowest BCUT2D eigenvalue weighted by Gasteiger charge is -2.15. The molecule has 4 aromatic carbocycles. The van der Waals surface area contributed by atoms with Crippen molar-refractivity contribution >= 4 is 39.9 Å². The fourth-order valence-electron chi connectivity index (χ4n) is 5.08. The van der Waals surface area contributed by atoms with Crippen LogP contribution in [0.4, 0.5) is 11.4 Å². The van der Waals surface area contributed by atoms with Crippen molar-refractivity contribution < 1.29 is 14.2 Å². The molecule has 7 N–H and O–H groups in total. The summed E-state index contributed by atoms with van der Waals surface area (Å²) in [4.78, 5) is 3.31. The highest BCUT2D eigenvalue weighted by molar-refractivity contribution is 7.13. The van der Waals surface area contributed by atoms with Crippen LogP contribution in [0.3, 0.4) is 0 Å². The topological polar surface area (TPSA) is 177 Å². The Balaban J connectivity index is 1.02. The average molecular weight is 731 g/mol. The van der Waals surface area contributed by atoms with Crippen LogP contribution in [0.15, 0.2) is 131 Å². The quantitative estimate of drug-likeness (QED) is 0.0393. The summed E-state index contributed by atoms with van der Waals surface area (Å²) in [6, 6.07) is 36.2. The van der Waals surface area contributed by atoms with Crippen molar-refractivity contribution in [3.05, 3.63) is 148 Å². The standard InChI is InChI=1S/C37H34N10O3S2/c38-36(34-3-1-17-51-34)43-46(40)29-7-13-32(14-8-29)49-23-26-19-25(22-48-31-11-5-28(41-39)6-12-31)20-27(21-26)24-50-33-15-9-30(10-16-33)47-44-37(42-45-47)35-4-2-18-52-35/h1-21,41H,22-24,39-40H2,(H2,38,43). The molecular weight excluding hydrogens is 697 g/mol. The summed E-state index contributed by atoms with van der Waals surface area (Å²) in [5, 5.41) is 22.3. The summed E-state index contributed by atoms with van der Waals surface area (Å²) < 4.78 is 18.5. The van der Waals surface area contributed by atoms with Gasteiger partial charge in [0, 0.05) is 5.69 Å². The van der Waals surface area contributed by atoms with E-state index in [2.05, 4.69) is 44.1 Å². The lowest BCUT2D eigenvalue weighted by atomic mass is 10.1. The summed E-state index contributed by atoms with van der Waals surface area (Å²) in [5.41, 5.74) is 13.8. The van der Waals surface area contributed by atoms with E-state index >= 15 is 0 Å². The molecule has 0 aliphatic carbocycles. The number of ether oxygens (including phenoxy) is 3. The molecule has 52 heavy (non-hydrogen) atoms. The number of hydrogen-bond acceptors (Lipinski definition) is 13. The highest BCUT2D eigenvalue weighted by Crippen LogP contribution is 2.24. The highest BCUT2D eigenvalue weighted by Gasteiger charge is 2.10. The molecule has 262 valence electrons. The van der Waals surface area contributed by atoms with E-state index in [0.29, 0.717) is 48.7 Å². The van der Waals surface area contributed by atoms with Gasteiger partial charge in [0.2, 0.25) is 5.82 Å². The van der Waals surface area contributed by atoms with Gasteiger partial charge in [0.1, 0.15) is 37.1 Å². The number of nitrogens with zero attached hydrogens (tertiary/aromatic N) is 6. The third-order valence-corrected chi connectivity index (χ3v) is 9.42. The van der Waals surface area contributed by atoms with Crippen molar-refractivity contribution in [2.75, 3.05) is 10.5 Å². The van der Waals surface area contributed by atoms with Gasteiger partial charge in [0.05, 0.1) is 21.1 Å². The zero-order valence-electron chi connectivity index (χ0n) is 27.7. The van der Waals surface area contributed by atoms with Crippen LogP contribution >= 0.6 is 22.7 Å². The second kappa shape index (κ2) is 16.2. The third-order valence-electron chi connectivity index (χ3n) is 7.66. The normalized spacial score (nSPS) is 11.3. The number of nitrogens with two attached hydrogens (primary N) is 3. The Morgan fingerprint density at radius 3 is 1.83 bits per heavy atom. The number of nitrogen functional groups attached to an aromatic ring is 1. The van der Waals surface area contributed by atoms with Crippen molar-refractivity contribution in [3.8, 4) is 33.6 Å². The number of rotatable bonds is 15. The second-order valence-electron chi connectivity index (χ2n) is 11.4. The number of tetrazole rings is 1. The van der Waals surface area contributed by atoms with Crippen LogP contribution < -0.4 is 42.2 Å². The van der Waals surface area contributed by atoms with Crippen LogP contribution in [0.1, 0.15) is 21.6 Å². The van der Waals surface area contributed by atoms with E-state index in [1.54, 1.807) is 11.3 Å².